The fourth-order valence-electron chi connectivity index (χ4n) is 4.08. The van der Waals surface area contributed by atoms with Gasteiger partial charge in [-0.1, -0.05) is 67.6 Å². The molecule has 28 heavy (non-hydrogen) atoms. The molecular formula is C23H28N2O3. The van der Waals surface area contributed by atoms with Crippen LogP contribution in [-0.2, 0) is 9.59 Å². The van der Waals surface area contributed by atoms with Crippen molar-refractivity contribution in [2.24, 2.45) is 0 Å². The molecule has 1 N–H and O–H groups in total. The van der Waals surface area contributed by atoms with Crippen LogP contribution in [0, 0.1) is 0 Å². The van der Waals surface area contributed by atoms with Crippen molar-refractivity contribution >= 4 is 11.9 Å². The summed E-state index contributed by atoms with van der Waals surface area (Å²) in [6.07, 6.45) is 1.46. The second kappa shape index (κ2) is 9.02. The van der Waals surface area contributed by atoms with E-state index in [1.807, 2.05) is 67.7 Å². The zero-order chi connectivity index (χ0) is 20.1. The van der Waals surface area contributed by atoms with Crippen molar-refractivity contribution in [3.8, 4) is 0 Å². The van der Waals surface area contributed by atoms with E-state index in [1.54, 1.807) is 4.90 Å². The maximum Gasteiger partial charge on any atom is 0.326 e. The summed E-state index contributed by atoms with van der Waals surface area (Å²) < 4.78 is 0. The Morgan fingerprint density at radius 3 is 2.07 bits per heavy atom. The molecule has 0 radical (unpaired) electrons. The van der Waals surface area contributed by atoms with E-state index < -0.39 is 17.9 Å². The smallest absolute Gasteiger partial charge is 0.326 e. The molecule has 0 aliphatic carbocycles. The van der Waals surface area contributed by atoms with Gasteiger partial charge in [-0.15, -0.1) is 0 Å². The SMILES string of the molecule is CCCN(C)[C@H]1C[C@@H](C(=O)O)N(C(=O)C(c2ccccc2)c2ccccc2)C1. The Labute approximate surface area is 166 Å². The summed E-state index contributed by atoms with van der Waals surface area (Å²) in [5.74, 6) is -1.57. The molecule has 0 saturated carbocycles. The lowest BCUT2D eigenvalue weighted by Crippen LogP contribution is -2.43. The summed E-state index contributed by atoms with van der Waals surface area (Å²) in [4.78, 5) is 29.3. The summed E-state index contributed by atoms with van der Waals surface area (Å²) >= 11 is 0. The highest BCUT2D eigenvalue weighted by Gasteiger charge is 2.43. The van der Waals surface area contributed by atoms with Crippen LogP contribution in [0.2, 0.25) is 0 Å². The van der Waals surface area contributed by atoms with Crippen LogP contribution >= 0.6 is 0 Å². The van der Waals surface area contributed by atoms with Gasteiger partial charge in [-0.05, 0) is 37.6 Å². The number of rotatable bonds is 7. The Hall–Kier alpha value is -2.66. The summed E-state index contributed by atoms with van der Waals surface area (Å²) in [6, 6.07) is 18.5. The lowest BCUT2D eigenvalue weighted by molar-refractivity contribution is -0.148. The van der Waals surface area contributed by atoms with Crippen LogP contribution in [0.3, 0.4) is 0 Å². The maximum atomic E-state index is 13.6. The van der Waals surface area contributed by atoms with Gasteiger partial charge in [0.05, 0.1) is 5.92 Å². The number of carbonyl (C=O) groups excluding carboxylic acids is 1. The molecule has 1 saturated heterocycles. The second-order valence-electron chi connectivity index (χ2n) is 7.47. The zero-order valence-corrected chi connectivity index (χ0v) is 16.5. The van der Waals surface area contributed by atoms with Gasteiger partial charge in [0.2, 0.25) is 5.91 Å². The first-order valence-corrected chi connectivity index (χ1v) is 9.86. The van der Waals surface area contributed by atoms with Crippen molar-refractivity contribution in [1.82, 2.24) is 9.80 Å². The summed E-state index contributed by atoms with van der Waals surface area (Å²) in [6.45, 7) is 3.44. The molecule has 0 bridgehead atoms. The Morgan fingerprint density at radius 1 is 1.07 bits per heavy atom. The fraction of sp³-hybridized carbons (Fsp3) is 0.391. The highest BCUT2D eigenvalue weighted by atomic mass is 16.4. The number of carboxylic acid groups (broad SMARTS) is 1. The Kier molecular flexibility index (Phi) is 6.47. The van der Waals surface area contributed by atoms with Crippen LogP contribution in [0.25, 0.3) is 0 Å². The molecule has 0 spiro atoms. The van der Waals surface area contributed by atoms with Crippen LogP contribution in [0.5, 0.6) is 0 Å². The number of hydrogen-bond donors (Lipinski definition) is 1. The Morgan fingerprint density at radius 2 is 1.61 bits per heavy atom. The molecule has 3 rings (SSSR count). The van der Waals surface area contributed by atoms with Gasteiger partial charge in [-0.2, -0.15) is 0 Å². The predicted molar refractivity (Wildman–Crippen MR) is 109 cm³/mol. The molecule has 1 fully saturated rings. The van der Waals surface area contributed by atoms with Gasteiger partial charge in [0, 0.05) is 12.6 Å². The lowest BCUT2D eigenvalue weighted by Gasteiger charge is -2.28. The third-order valence-electron chi connectivity index (χ3n) is 5.56. The van der Waals surface area contributed by atoms with Gasteiger partial charge < -0.3 is 14.9 Å². The molecule has 1 aliphatic rings. The fourth-order valence-corrected chi connectivity index (χ4v) is 4.08. The molecule has 2 aromatic rings. The number of hydrogen-bond acceptors (Lipinski definition) is 3. The lowest BCUT2D eigenvalue weighted by atomic mass is 9.90. The minimum absolute atomic E-state index is 0.0668. The standard InChI is InChI=1S/C23H28N2O3/c1-3-14-24(2)19-15-20(23(27)28)25(16-19)22(26)21(17-10-6-4-7-11-17)18-12-8-5-9-13-18/h4-13,19-21H,3,14-16H2,1-2H3,(H,27,28)/t19-,20-/m0/s1. The first kappa shape index (κ1) is 20.1. The minimum atomic E-state index is -0.930. The van der Waals surface area contributed by atoms with Crippen LogP contribution in [-0.4, -0.2) is 59.0 Å². The van der Waals surface area contributed by atoms with Gasteiger partial charge >= 0.3 is 5.97 Å². The number of aliphatic carboxylic acids is 1. The summed E-state index contributed by atoms with van der Waals surface area (Å²) in [5.41, 5.74) is 1.77. The molecular weight excluding hydrogens is 352 g/mol. The minimum Gasteiger partial charge on any atom is -0.480 e. The van der Waals surface area contributed by atoms with Crippen molar-refractivity contribution in [3.05, 3.63) is 71.8 Å². The molecule has 0 unspecified atom stereocenters. The normalized spacial score (nSPS) is 19.4. The molecule has 2 atom stereocenters. The van der Waals surface area contributed by atoms with Gasteiger partial charge in [0.25, 0.3) is 0 Å². The number of nitrogens with zero attached hydrogens (tertiary/aromatic N) is 2. The van der Waals surface area contributed by atoms with Gasteiger partial charge in [0.15, 0.2) is 0 Å². The topological polar surface area (TPSA) is 60.9 Å². The molecule has 0 aromatic heterocycles. The molecule has 1 aliphatic heterocycles. The summed E-state index contributed by atoms with van der Waals surface area (Å²) in [5, 5.41) is 9.77. The van der Waals surface area contributed by atoms with E-state index in [4.69, 9.17) is 0 Å². The maximum absolute atomic E-state index is 13.6. The number of benzene rings is 2. The van der Waals surface area contributed by atoms with Crippen molar-refractivity contribution in [3.63, 3.8) is 0 Å². The van der Waals surface area contributed by atoms with E-state index in [2.05, 4.69) is 11.8 Å². The van der Waals surface area contributed by atoms with Crippen LogP contribution in [0.4, 0.5) is 0 Å². The Balaban J connectivity index is 1.94. The average Bonchev–Trinajstić information content (AvgIpc) is 3.16. The molecule has 5 heteroatoms. The average molecular weight is 380 g/mol. The monoisotopic (exact) mass is 380 g/mol. The number of carbonyl (C=O) groups is 2. The molecule has 148 valence electrons. The zero-order valence-electron chi connectivity index (χ0n) is 16.5. The third-order valence-corrected chi connectivity index (χ3v) is 5.56. The van der Waals surface area contributed by atoms with E-state index in [9.17, 15) is 14.7 Å². The largest absolute Gasteiger partial charge is 0.480 e. The molecule has 2 aromatic carbocycles. The number of likely N-dealkylation sites (tertiary alicyclic amines) is 1. The van der Waals surface area contributed by atoms with Crippen LogP contribution in [0.1, 0.15) is 36.8 Å². The molecule has 5 nitrogen and oxygen atoms in total. The van der Waals surface area contributed by atoms with Crippen molar-refractivity contribution in [1.29, 1.82) is 0 Å². The second-order valence-corrected chi connectivity index (χ2v) is 7.47. The highest BCUT2D eigenvalue weighted by Crippen LogP contribution is 2.31. The van der Waals surface area contributed by atoms with Crippen LogP contribution in [0.15, 0.2) is 60.7 Å². The van der Waals surface area contributed by atoms with E-state index in [1.165, 1.54) is 0 Å². The first-order chi connectivity index (χ1) is 13.5. The molecule has 1 amide bonds. The number of amides is 1. The van der Waals surface area contributed by atoms with Gasteiger partial charge in [-0.3, -0.25) is 4.79 Å². The van der Waals surface area contributed by atoms with Crippen LogP contribution < -0.4 is 0 Å². The van der Waals surface area contributed by atoms with Crippen molar-refractivity contribution < 1.29 is 14.7 Å². The Bertz CT molecular complexity index is 755. The van der Waals surface area contributed by atoms with Crippen molar-refractivity contribution in [2.45, 2.75) is 37.8 Å². The first-order valence-electron chi connectivity index (χ1n) is 9.86. The van der Waals surface area contributed by atoms with E-state index in [0.717, 1.165) is 24.1 Å². The summed E-state index contributed by atoms with van der Waals surface area (Å²) in [7, 11) is 2.01. The quantitative estimate of drug-likeness (QED) is 0.801. The third kappa shape index (κ3) is 4.25. The van der Waals surface area contributed by atoms with Gasteiger partial charge in [0.1, 0.15) is 6.04 Å². The predicted octanol–water partition coefficient (Wildman–Crippen LogP) is 3.21. The van der Waals surface area contributed by atoms with Gasteiger partial charge in [-0.25, -0.2) is 4.79 Å². The van der Waals surface area contributed by atoms with E-state index in [-0.39, 0.29) is 11.9 Å². The number of likely N-dealkylation sites (N-methyl/N-ethyl adjacent to an activating group) is 1. The van der Waals surface area contributed by atoms with E-state index >= 15 is 0 Å². The number of carboxylic acids is 1. The van der Waals surface area contributed by atoms with E-state index in [0.29, 0.717) is 13.0 Å². The highest BCUT2D eigenvalue weighted by molar-refractivity contribution is 5.91. The van der Waals surface area contributed by atoms with Crippen molar-refractivity contribution in [2.75, 3.05) is 20.1 Å². The molecule has 1 heterocycles.